The Labute approximate surface area is 117 Å². The predicted molar refractivity (Wildman–Crippen MR) is 74.4 cm³/mol. The van der Waals surface area contributed by atoms with Crippen LogP contribution in [0.3, 0.4) is 0 Å². The second-order valence-corrected chi connectivity index (χ2v) is 6.13. The standard InChI is InChI=1S/C12H22N2O4S/c1-3-19-5-4-8(2)13-12(18)14-7-9(15)6-10(14)11(16)17/h8-10,15H,3-7H2,1-2H3,(H,13,18)(H,16,17)/t8?,9-,10+/m1/s1. The van der Waals surface area contributed by atoms with E-state index in [-0.39, 0.29) is 19.0 Å². The highest BCUT2D eigenvalue weighted by Gasteiger charge is 2.39. The number of carbonyl (C=O) groups is 2. The first-order valence-corrected chi connectivity index (χ1v) is 7.66. The number of urea groups is 1. The number of carboxylic acid groups (broad SMARTS) is 1. The zero-order chi connectivity index (χ0) is 14.4. The number of likely N-dealkylation sites (tertiary alicyclic amines) is 1. The summed E-state index contributed by atoms with van der Waals surface area (Å²) in [5, 5.41) is 21.3. The molecule has 3 N–H and O–H groups in total. The fourth-order valence-corrected chi connectivity index (χ4v) is 2.85. The number of amides is 2. The van der Waals surface area contributed by atoms with E-state index in [1.807, 2.05) is 6.92 Å². The number of β-amino-alcohol motifs (C(OH)–C–C–N with tert-alkyl or cyclic N) is 1. The monoisotopic (exact) mass is 290 g/mol. The molecule has 6 nitrogen and oxygen atoms in total. The molecule has 110 valence electrons. The van der Waals surface area contributed by atoms with E-state index in [0.29, 0.717) is 0 Å². The summed E-state index contributed by atoms with van der Waals surface area (Å²) in [5.74, 6) is 0.934. The van der Waals surface area contributed by atoms with Crippen LogP contribution in [0, 0.1) is 0 Å². The highest BCUT2D eigenvalue weighted by Crippen LogP contribution is 2.18. The van der Waals surface area contributed by atoms with Crippen LogP contribution in [0.4, 0.5) is 4.79 Å². The average Bonchev–Trinajstić information content (AvgIpc) is 2.72. The van der Waals surface area contributed by atoms with Crippen molar-refractivity contribution in [2.45, 2.75) is 44.9 Å². The van der Waals surface area contributed by atoms with Crippen molar-refractivity contribution >= 4 is 23.8 Å². The van der Waals surface area contributed by atoms with Gasteiger partial charge in [0, 0.05) is 19.0 Å². The van der Waals surface area contributed by atoms with Crippen LogP contribution < -0.4 is 5.32 Å². The molecule has 1 aliphatic heterocycles. The van der Waals surface area contributed by atoms with Gasteiger partial charge in [-0.3, -0.25) is 0 Å². The van der Waals surface area contributed by atoms with Gasteiger partial charge in [-0.1, -0.05) is 6.92 Å². The molecule has 1 rings (SSSR count). The number of aliphatic carboxylic acids is 1. The van der Waals surface area contributed by atoms with Crippen molar-refractivity contribution in [3.63, 3.8) is 0 Å². The molecule has 0 aromatic carbocycles. The Hall–Kier alpha value is -0.950. The number of carboxylic acids is 1. The minimum atomic E-state index is -1.07. The average molecular weight is 290 g/mol. The molecule has 1 fully saturated rings. The third kappa shape index (κ3) is 4.91. The number of hydrogen-bond acceptors (Lipinski definition) is 4. The van der Waals surface area contributed by atoms with E-state index < -0.39 is 24.1 Å². The summed E-state index contributed by atoms with van der Waals surface area (Å²) >= 11 is 1.80. The zero-order valence-corrected chi connectivity index (χ0v) is 12.2. The summed E-state index contributed by atoms with van der Waals surface area (Å²) < 4.78 is 0. The Kier molecular flexibility index (Phi) is 6.44. The van der Waals surface area contributed by atoms with Gasteiger partial charge < -0.3 is 20.4 Å². The van der Waals surface area contributed by atoms with Crippen LogP contribution in [0.15, 0.2) is 0 Å². The van der Waals surface area contributed by atoms with Gasteiger partial charge in [0.2, 0.25) is 0 Å². The van der Waals surface area contributed by atoms with Gasteiger partial charge in [-0.05, 0) is 24.9 Å². The molecule has 0 radical (unpaired) electrons. The highest BCUT2D eigenvalue weighted by molar-refractivity contribution is 7.99. The first-order chi connectivity index (χ1) is 8.95. The van der Waals surface area contributed by atoms with E-state index in [1.165, 1.54) is 4.90 Å². The highest BCUT2D eigenvalue weighted by atomic mass is 32.2. The summed E-state index contributed by atoms with van der Waals surface area (Å²) in [4.78, 5) is 24.2. The number of thioether (sulfide) groups is 1. The summed E-state index contributed by atoms with van der Waals surface area (Å²) in [5.41, 5.74) is 0. The molecule has 0 aromatic heterocycles. The van der Waals surface area contributed by atoms with Crippen molar-refractivity contribution in [2.24, 2.45) is 0 Å². The normalized spacial score (nSPS) is 24.3. The van der Waals surface area contributed by atoms with Gasteiger partial charge in [-0.2, -0.15) is 11.8 Å². The van der Waals surface area contributed by atoms with Crippen molar-refractivity contribution < 1.29 is 19.8 Å². The van der Waals surface area contributed by atoms with Crippen LogP contribution in [0.1, 0.15) is 26.7 Å². The van der Waals surface area contributed by atoms with E-state index in [1.54, 1.807) is 11.8 Å². The quantitative estimate of drug-likeness (QED) is 0.628. The molecule has 0 spiro atoms. The van der Waals surface area contributed by atoms with Gasteiger partial charge in [0.1, 0.15) is 6.04 Å². The van der Waals surface area contributed by atoms with Crippen LogP contribution in [0.25, 0.3) is 0 Å². The summed E-state index contributed by atoms with van der Waals surface area (Å²) in [6.45, 7) is 4.06. The third-order valence-electron chi connectivity index (χ3n) is 3.09. The Morgan fingerprint density at radius 1 is 1.53 bits per heavy atom. The largest absolute Gasteiger partial charge is 0.480 e. The Bertz CT molecular complexity index is 327. The number of carbonyl (C=O) groups excluding carboxylic acids is 1. The maximum atomic E-state index is 12.0. The van der Waals surface area contributed by atoms with Crippen molar-refractivity contribution in [3.05, 3.63) is 0 Å². The number of nitrogens with zero attached hydrogens (tertiary/aromatic N) is 1. The van der Waals surface area contributed by atoms with Crippen molar-refractivity contribution in [3.8, 4) is 0 Å². The van der Waals surface area contributed by atoms with Gasteiger partial charge >= 0.3 is 12.0 Å². The molecule has 0 bridgehead atoms. The van der Waals surface area contributed by atoms with Crippen molar-refractivity contribution in [2.75, 3.05) is 18.1 Å². The Morgan fingerprint density at radius 2 is 2.21 bits per heavy atom. The second-order valence-electron chi connectivity index (χ2n) is 4.73. The molecule has 7 heteroatoms. The van der Waals surface area contributed by atoms with Gasteiger partial charge in [-0.15, -0.1) is 0 Å². The molecule has 1 unspecified atom stereocenters. The van der Waals surface area contributed by atoms with Crippen LogP contribution in [0.5, 0.6) is 0 Å². The topological polar surface area (TPSA) is 89.9 Å². The van der Waals surface area contributed by atoms with Crippen molar-refractivity contribution in [1.82, 2.24) is 10.2 Å². The zero-order valence-electron chi connectivity index (χ0n) is 11.3. The first-order valence-electron chi connectivity index (χ1n) is 6.51. The second kappa shape index (κ2) is 7.59. The SMILES string of the molecule is CCSCCC(C)NC(=O)N1C[C@H](O)C[C@H]1C(=O)O. The molecule has 1 saturated heterocycles. The van der Waals surface area contributed by atoms with Gasteiger partial charge in [0.05, 0.1) is 6.10 Å². The summed E-state index contributed by atoms with van der Waals surface area (Å²) in [6.07, 6.45) is 0.194. The summed E-state index contributed by atoms with van der Waals surface area (Å²) in [7, 11) is 0. The van der Waals surface area contributed by atoms with Crippen molar-refractivity contribution in [1.29, 1.82) is 0 Å². The minimum Gasteiger partial charge on any atom is -0.480 e. The molecule has 3 atom stereocenters. The fourth-order valence-electron chi connectivity index (χ4n) is 2.04. The fraction of sp³-hybridized carbons (Fsp3) is 0.833. The smallest absolute Gasteiger partial charge is 0.326 e. The number of aliphatic hydroxyl groups excluding tert-OH is 1. The lowest BCUT2D eigenvalue weighted by atomic mass is 10.2. The van der Waals surface area contributed by atoms with Crippen LogP contribution in [-0.2, 0) is 4.79 Å². The van der Waals surface area contributed by atoms with E-state index in [4.69, 9.17) is 5.11 Å². The molecular weight excluding hydrogens is 268 g/mol. The molecule has 1 heterocycles. The molecule has 1 aliphatic rings. The van der Waals surface area contributed by atoms with Gasteiger partial charge in [-0.25, -0.2) is 9.59 Å². The molecular formula is C12H22N2O4S. The third-order valence-corrected chi connectivity index (χ3v) is 4.03. The maximum absolute atomic E-state index is 12.0. The number of nitrogens with one attached hydrogen (secondary N) is 1. The molecule has 19 heavy (non-hydrogen) atoms. The number of hydrogen-bond donors (Lipinski definition) is 3. The Balaban J connectivity index is 2.45. The molecule has 0 aromatic rings. The van der Waals surface area contributed by atoms with Crippen LogP contribution in [0.2, 0.25) is 0 Å². The maximum Gasteiger partial charge on any atom is 0.326 e. The molecule has 0 saturated carbocycles. The summed E-state index contributed by atoms with van der Waals surface area (Å²) in [6, 6.07) is -1.33. The number of rotatable bonds is 6. The number of aliphatic hydroxyl groups is 1. The van der Waals surface area contributed by atoms with Crippen LogP contribution >= 0.6 is 11.8 Å². The van der Waals surface area contributed by atoms with E-state index in [9.17, 15) is 14.7 Å². The van der Waals surface area contributed by atoms with Gasteiger partial charge in [0.15, 0.2) is 0 Å². The van der Waals surface area contributed by atoms with E-state index >= 15 is 0 Å². The van der Waals surface area contributed by atoms with E-state index in [2.05, 4.69) is 12.2 Å². The first kappa shape index (κ1) is 16.1. The molecule has 0 aliphatic carbocycles. The van der Waals surface area contributed by atoms with E-state index in [0.717, 1.165) is 17.9 Å². The van der Waals surface area contributed by atoms with Crippen LogP contribution in [-0.4, -0.2) is 63.4 Å². The lowest BCUT2D eigenvalue weighted by Gasteiger charge is -2.24. The lowest BCUT2D eigenvalue weighted by molar-refractivity contribution is -0.141. The predicted octanol–water partition coefficient (Wildman–Crippen LogP) is 0.747. The molecule has 2 amide bonds. The minimum absolute atomic E-state index is 0.00117. The van der Waals surface area contributed by atoms with Gasteiger partial charge in [0.25, 0.3) is 0 Å². The lowest BCUT2D eigenvalue weighted by Crippen LogP contribution is -2.48. The Morgan fingerprint density at radius 3 is 2.79 bits per heavy atom.